The van der Waals surface area contributed by atoms with Gasteiger partial charge >= 0.3 is 8.03 Å². The van der Waals surface area contributed by atoms with Crippen LogP contribution in [0.1, 0.15) is 0 Å². The molecule has 7 heteroatoms. The molecule has 1 atom stereocenters. The van der Waals surface area contributed by atoms with Gasteiger partial charge in [0, 0.05) is 0 Å². The Morgan fingerprint density at radius 1 is 1.44 bits per heavy atom. The maximum absolute atomic E-state index is 9.71. The summed E-state index contributed by atoms with van der Waals surface area (Å²) in [6, 6.07) is 0. The van der Waals surface area contributed by atoms with Gasteiger partial charge in [-0.3, -0.25) is 0 Å². The highest BCUT2D eigenvalue weighted by Crippen LogP contribution is 2.05. The number of hydrogen-bond donors (Lipinski definition) is 0. The van der Waals surface area contributed by atoms with Gasteiger partial charge < -0.3 is 9.45 Å². The van der Waals surface area contributed by atoms with Crippen molar-refractivity contribution >= 4 is 18.1 Å². The van der Waals surface area contributed by atoms with E-state index in [0.29, 0.717) is 0 Å². The minimum atomic E-state index is -4.35. The fourth-order valence-corrected chi connectivity index (χ4v) is 1.68. The van der Waals surface area contributed by atoms with E-state index in [1.807, 2.05) is 0 Å². The fourth-order valence-electron chi connectivity index (χ4n) is 0.186. The lowest BCUT2D eigenvalue weighted by Gasteiger charge is -2.00. The van der Waals surface area contributed by atoms with Crippen LogP contribution in [0.4, 0.5) is 0 Å². The molecule has 0 radical (unpaired) electrons. The van der Waals surface area contributed by atoms with E-state index in [2.05, 4.69) is 0 Å². The SMILES string of the molecule is O=[P+]([O-])CCS(=O)(=O)[O-]. The Bertz CT molecular complexity index is 193. The lowest BCUT2D eigenvalue weighted by Crippen LogP contribution is -2.08. The van der Waals surface area contributed by atoms with Crippen LogP contribution in [0.5, 0.6) is 0 Å². The van der Waals surface area contributed by atoms with E-state index < -0.39 is 30.1 Å². The van der Waals surface area contributed by atoms with Crippen LogP contribution in [0.25, 0.3) is 0 Å². The van der Waals surface area contributed by atoms with Crippen LogP contribution in [0.3, 0.4) is 0 Å². The fraction of sp³-hybridized carbons (Fsp3) is 1.00. The molecule has 9 heavy (non-hydrogen) atoms. The van der Waals surface area contributed by atoms with E-state index in [9.17, 15) is 22.4 Å². The van der Waals surface area contributed by atoms with Crippen molar-refractivity contribution in [2.24, 2.45) is 0 Å². The summed E-state index contributed by atoms with van der Waals surface area (Å²) in [5.74, 6) is -0.828. The van der Waals surface area contributed by atoms with Crippen molar-refractivity contribution in [2.75, 3.05) is 11.9 Å². The first kappa shape index (κ1) is 8.97. The molecule has 0 heterocycles. The highest BCUT2D eigenvalue weighted by molar-refractivity contribution is 7.86. The average molecular weight is 171 g/mol. The molecule has 0 aliphatic heterocycles. The maximum Gasteiger partial charge on any atom is 0.309 e. The molecule has 0 bridgehead atoms. The normalized spacial score (nSPS) is 13.3. The predicted molar refractivity (Wildman–Crippen MR) is 27.0 cm³/mol. The van der Waals surface area contributed by atoms with E-state index in [1.165, 1.54) is 0 Å². The van der Waals surface area contributed by atoms with Crippen molar-refractivity contribution in [3.63, 3.8) is 0 Å². The molecule has 54 valence electrons. The molecule has 0 aromatic carbocycles. The van der Waals surface area contributed by atoms with Gasteiger partial charge in [-0.2, -0.15) is 0 Å². The third kappa shape index (κ3) is 7.97. The summed E-state index contributed by atoms with van der Waals surface area (Å²) in [7, 11) is -7.10. The van der Waals surface area contributed by atoms with E-state index in [4.69, 9.17) is 0 Å². The molecular formula is C2H4O5PS-. The average Bonchev–Trinajstić information content (AvgIpc) is 1.59. The van der Waals surface area contributed by atoms with Crippen molar-refractivity contribution in [3.05, 3.63) is 0 Å². The van der Waals surface area contributed by atoms with Crippen LogP contribution >= 0.6 is 8.03 Å². The Hall–Kier alpha value is -0.0300. The molecule has 0 aromatic heterocycles. The molecule has 0 aliphatic rings. The minimum absolute atomic E-state index is 0.582. The van der Waals surface area contributed by atoms with Crippen molar-refractivity contribution < 1.29 is 22.4 Å². The van der Waals surface area contributed by atoms with Crippen LogP contribution in [-0.4, -0.2) is 24.9 Å². The second-order valence-electron chi connectivity index (χ2n) is 1.32. The van der Waals surface area contributed by atoms with Gasteiger partial charge in [0.25, 0.3) is 0 Å². The highest BCUT2D eigenvalue weighted by Gasteiger charge is 2.03. The summed E-state index contributed by atoms with van der Waals surface area (Å²) in [6.07, 6.45) is -0.582. The molecule has 0 amide bonds. The molecule has 0 saturated carbocycles. The quantitative estimate of drug-likeness (QED) is 0.385. The van der Waals surface area contributed by atoms with Gasteiger partial charge in [-0.25, -0.2) is 8.42 Å². The molecule has 0 rings (SSSR count). The van der Waals surface area contributed by atoms with Gasteiger partial charge in [-0.05, 0) is 0 Å². The molecule has 5 nitrogen and oxygen atoms in total. The summed E-state index contributed by atoms with van der Waals surface area (Å²) in [5, 5.41) is 0. The third-order valence-electron chi connectivity index (χ3n) is 0.524. The topological polar surface area (TPSA) is 97.3 Å². The maximum atomic E-state index is 9.71. The van der Waals surface area contributed by atoms with Gasteiger partial charge in [0.2, 0.25) is 0 Å². The Balaban J connectivity index is 3.67. The largest absolute Gasteiger partial charge is 0.748 e. The number of rotatable bonds is 3. The standard InChI is InChI=1S/C2H5O5PS/c3-8(4)1-2-9(5,6)7/h1-2H2,(H,5,6,7)/p-1. The minimum Gasteiger partial charge on any atom is -0.748 e. The second-order valence-corrected chi connectivity index (χ2v) is 3.95. The zero-order valence-corrected chi connectivity index (χ0v) is 6.02. The van der Waals surface area contributed by atoms with Crippen molar-refractivity contribution in [3.8, 4) is 0 Å². The molecule has 0 saturated heterocycles. The van der Waals surface area contributed by atoms with Crippen LogP contribution < -0.4 is 4.89 Å². The first-order chi connectivity index (χ1) is 3.92. The summed E-state index contributed by atoms with van der Waals surface area (Å²) >= 11 is 0. The summed E-state index contributed by atoms with van der Waals surface area (Å²) < 4.78 is 38.8. The van der Waals surface area contributed by atoms with Gasteiger partial charge in [0.05, 0.1) is 15.9 Å². The van der Waals surface area contributed by atoms with Crippen LogP contribution in [-0.2, 0) is 14.7 Å². The van der Waals surface area contributed by atoms with Gasteiger partial charge in [-0.1, -0.05) is 4.57 Å². The van der Waals surface area contributed by atoms with Crippen LogP contribution in [0.2, 0.25) is 0 Å². The van der Waals surface area contributed by atoms with Gasteiger partial charge in [0.15, 0.2) is 6.16 Å². The van der Waals surface area contributed by atoms with Crippen LogP contribution in [0.15, 0.2) is 0 Å². The molecule has 0 aliphatic carbocycles. The first-order valence-corrected chi connectivity index (χ1v) is 4.91. The zero-order valence-electron chi connectivity index (χ0n) is 4.31. The zero-order chi connectivity index (χ0) is 7.49. The second kappa shape index (κ2) is 3.22. The number of hydrogen-bond acceptors (Lipinski definition) is 5. The summed E-state index contributed by atoms with van der Waals surface area (Å²) in [6.45, 7) is 0. The Kier molecular flexibility index (Phi) is 3.21. The van der Waals surface area contributed by atoms with Crippen molar-refractivity contribution in [2.45, 2.75) is 0 Å². The van der Waals surface area contributed by atoms with E-state index in [0.717, 1.165) is 0 Å². The van der Waals surface area contributed by atoms with E-state index in [-0.39, 0.29) is 0 Å². The van der Waals surface area contributed by atoms with Gasteiger partial charge in [-0.15, -0.1) is 0 Å². The molecule has 0 aromatic rings. The Morgan fingerprint density at radius 3 is 2.00 bits per heavy atom. The van der Waals surface area contributed by atoms with Crippen molar-refractivity contribution in [1.82, 2.24) is 0 Å². The highest BCUT2D eigenvalue weighted by atomic mass is 32.2. The monoisotopic (exact) mass is 171 g/mol. The molecule has 0 N–H and O–H groups in total. The Morgan fingerprint density at radius 2 is 1.89 bits per heavy atom. The lowest BCUT2D eigenvalue weighted by molar-refractivity contribution is -0.163. The van der Waals surface area contributed by atoms with E-state index >= 15 is 0 Å². The van der Waals surface area contributed by atoms with Crippen LogP contribution in [0, 0.1) is 0 Å². The smallest absolute Gasteiger partial charge is 0.309 e. The molecule has 1 unspecified atom stereocenters. The lowest BCUT2D eigenvalue weighted by atomic mass is 11.0. The van der Waals surface area contributed by atoms with Crippen molar-refractivity contribution in [1.29, 1.82) is 0 Å². The summed E-state index contributed by atoms with van der Waals surface area (Å²) in [4.78, 5) is 9.68. The van der Waals surface area contributed by atoms with E-state index in [1.54, 1.807) is 0 Å². The molecule has 0 fully saturated rings. The molecular weight excluding hydrogens is 167 g/mol. The third-order valence-corrected chi connectivity index (χ3v) is 2.12. The molecule has 0 spiro atoms. The summed E-state index contributed by atoms with van der Waals surface area (Å²) in [5.41, 5.74) is 0. The van der Waals surface area contributed by atoms with Gasteiger partial charge in [0.1, 0.15) is 0 Å². The first-order valence-electron chi connectivity index (χ1n) is 1.97. The predicted octanol–water partition coefficient (Wildman–Crippen LogP) is -1.37. The Labute approximate surface area is 53.3 Å².